The fraction of sp³-hybridized carbons (Fsp3) is 0.238. The van der Waals surface area contributed by atoms with Crippen LogP contribution in [0.25, 0.3) is 11.3 Å². The lowest BCUT2D eigenvalue weighted by Crippen LogP contribution is -2.14. The first kappa shape index (κ1) is 18.3. The molecule has 0 spiro atoms. The average molecular weight is 367 g/mol. The molecule has 0 aliphatic carbocycles. The van der Waals surface area contributed by atoms with Crippen LogP contribution >= 0.6 is 11.3 Å². The summed E-state index contributed by atoms with van der Waals surface area (Å²) in [7, 11) is 0. The maximum absolute atomic E-state index is 13.4. The molecule has 0 fully saturated rings. The normalized spacial score (nSPS) is 12.5. The van der Waals surface area contributed by atoms with Gasteiger partial charge in [-0.25, -0.2) is 9.07 Å². The van der Waals surface area contributed by atoms with Crippen molar-refractivity contribution in [3.63, 3.8) is 0 Å². The molecule has 3 rings (SSSR count). The van der Waals surface area contributed by atoms with Gasteiger partial charge in [-0.3, -0.25) is 4.99 Å². The summed E-state index contributed by atoms with van der Waals surface area (Å²) in [4.78, 5) is 5.49. The van der Waals surface area contributed by atoms with Gasteiger partial charge in [0.15, 0.2) is 0 Å². The first-order valence-electron chi connectivity index (χ1n) is 8.56. The molecule has 0 unspecified atom stereocenters. The Hall–Kier alpha value is -2.53. The van der Waals surface area contributed by atoms with Crippen LogP contribution in [0.1, 0.15) is 30.5 Å². The molecule has 3 aromatic rings. The van der Waals surface area contributed by atoms with Gasteiger partial charge in [0.05, 0.1) is 11.9 Å². The Morgan fingerprint density at radius 1 is 1.08 bits per heavy atom. The summed E-state index contributed by atoms with van der Waals surface area (Å²) in [5, 5.41) is 6.66. The lowest BCUT2D eigenvalue weighted by atomic mass is 10.1. The minimum absolute atomic E-state index is 0.164. The number of aromatic nitrogens is 1. The van der Waals surface area contributed by atoms with Gasteiger partial charge in [-0.1, -0.05) is 24.3 Å². The van der Waals surface area contributed by atoms with Gasteiger partial charge in [0.25, 0.3) is 0 Å². The maximum Gasteiger partial charge on any atom is 0.206 e. The number of hydrogen-bond donors (Lipinski definition) is 0. The van der Waals surface area contributed by atoms with Crippen molar-refractivity contribution in [3.05, 3.63) is 75.2 Å². The minimum Gasteiger partial charge on any atom is -0.255 e. The zero-order valence-corrected chi connectivity index (χ0v) is 16.2. The highest BCUT2D eigenvalue weighted by molar-refractivity contribution is 7.07. The molecule has 0 aliphatic rings. The van der Waals surface area contributed by atoms with E-state index < -0.39 is 0 Å². The van der Waals surface area contributed by atoms with E-state index in [0.717, 1.165) is 16.1 Å². The van der Waals surface area contributed by atoms with Crippen LogP contribution in [0.15, 0.2) is 57.9 Å². The van der Waals surface area contributed by atoms with E-state index in [-0.39, 0.29) is 11.9 Å². The van der Waals surface area contributed by atoms with Crippen LogP contribution in [-0.2, 0) is 0 Å². The molecule has 26 heavy (non-hydrogen) atoms. The van der Waals surface area contributed by atoms with Crippen LogP contribution in [0, 0.1) is 19.7 Å². The zero-order valence-electron chi connectivity index (χ0n) is 15.4. The molecule has 0 radical (unpaired) electrons. The van der Waals surface area contributed by atoms with Crippen molar-refractivity contribution < 1.29 is 4.39 Å². The molecule has 0 saturated carbocycles. The van der Waals surface area contributed by atoms with Crippen LogP contribution in [0.5, 0.6) is 0 Å². The number of benzene rings is 2. The molecule has 2 aromatic carbocycles. The molecule has 134 valence electrons. The van der Waals surface area contributed by atoms with Crippen LogP contribution in [0.4, 0.5) is 4.39 Å². The van der Waals surface area contributed by atoms with E-state index >= 15 is 0 Å². The molecular formula is C21H22FN3S. The van der Waals surface area contributed by atoms with Crippen LogP contribution < -0.4 is 4.80 Å². The predicted octanol–water partition coefficient (Wildman–Crippen LogP) is 5.16. The summed E-state index contributed by atoms with van der Waals surface area (Å²) >= 11 is 1.56. The molecule has 3 nitrogen and oxygen atoms in total. The van der Waals surface area contributed by atoms with E-state index in [1.165, 1.54) is 23.3 Å². The molecule has 0 N–H and O–H groups in total. The Labute approximate surface area is 157 Å². The van der Waals surface area contributed by atoms with E-state index in [4.69, 9.17) is 0 Å². The van der Waals surface area contributed by atoms with Gasteiger partial charge in [0.2, 0.25) is 4.80 Å². The summed E-state index contributed by atoms with van der Waals surface area (Å²) in [6.45, 7) is 8.28. The molecule has 5 heteroatoms. The largest absolute Gasteiger partial charge is 0.255 e. The summed E-state index contributed by atoms with van der Waals surface area (Å²) in [6.07, 6.45) is 1.67. The Morgan fingerprint density at radius 2 is 1.88 bits per heavy atom. The highest BCUT2D eigenvalue weighted by atomic mass is 32.1. The van der Waals surface area contributed by atoms with Crippen molar-refractivity contribution in [2.45, 2.75) is 33.7 Å². The van der Waals surface area contributed by atoms with Crippen molar-refractivity contribution in [3.8, 4) is 11.3 Å². The number of thiazole rings is 1. The second kappa shape index (κ2) is 7.79. The average Bonchev–Trinajstić information content (AvgIpc) is 2.97. The van der Waals surface area contributed by atoms with E-state index in [1.807, 2.05) is 24.6 Å². The Morgan fingerprint density at radius 3 is 2.58 bits per heavy atom. The number of halogens is 1. The summed E-state index contributed by atoms with van der Waals surface area (Å²) in [5.74, 6) is -0.272. The number of rotatable bonds is 4. The lowest BCUT2D eigenvalue weighted by Gasteiger charge is -2.07. The Bertz CT molecular complexity index is 1010. The van der Waals surface area contributed by atoms with E-state index in [9.17, 15) is 4.39 Å². The van der Waals surface area contributed by atoms with Crippen molar-refractivity contribution in [2.24, 2.45) is 10.1 Å². The quantitative estimate of drug-likeness (QED) is 0.570. The summed E-state index contributed by atoms with van der Waals surface area (Å²) in [6, 6.07) is 12.9. The van der Waals surface area contributed by atoms with Gasteiger partial charge >= 0.3 is 0 Å². The predicted molar refractivity (Wildman–Crippen MR) is 107 cm³/mol. The molecule has 0 bridgehead atoms. The lowest BCUT2D eigenvalue weighted by molar-refractivity contribution is 0.627. The van der Waals surface area contributed by atoms with E-state index in [0.29, 0.717) is 5.56 Å². The van der Waals surface area contributed by atoms with Gasteiger partial charge in [0.1, 0.15) is 5.82 Å². The Balaban J connectivity index is 2.11. The third-order valence-electron chi connectivity index (χ3n) is 4.03. The third kappa shape index (κ3) is 4.17. The fourth-order valence-electron chi connectivity index (χ4n) is 2.53. The first-order valence-corrected chi connectivity index (χ1v) is 9.44. The SMILES string of the molecule is Cc1ccc(-c2csc(=NC(C)C)n2N=Cc2cccc(F)c2)cc1C. The van der Waals surface area contributed by atoms with Gasteiger partial charge in [-0.15, -0.1) is 11.3 Å². The summed E-state index contributed by atoms with van der Waals surface area (Å²) in [5.41, 5.74) is 5.27. The standard InChI is InChI=1S/C21H22FN3S/c1-14(2)24-21-25(23-12-17-6-5-7-19(22)11-17)20(13-26-21)18-9-8-15(3)16(4)10-18/h5-14H,1-4H3. The van der Waals surface area contributed by atoms with E-state index in [1.54, 1.807) is 23.6 Å². The van der Waals surface area contributed by atoms with E-state index in [2.05, 4.69) is 47.5 Å². The molecule has 0 aliphatic heterocycles. The minimum atomic E-state index is -0.272. The fourth-order valence-corrected chi connectivity index (χ4v) is 3.50. The monoisotopic (exact) mass is 367 g/mol. The van der Waals surface area contributed by atoms with Crippen LogP contribution in [0.3, 0.4) is 0 Å². The highest BCUT2D eigenvalue weighted by Gasteiger charge is 2.09. The van der Waals surface area contributed by atoms with Gasteiger partial charge in [-0.2, -0.15) is 5.10 Å². The van der Waals surface area contributed by atoms with Crippen LogP contribution in [-0.4, -0.2) is 16.9 Å². The Kier molecular flexibility index (Phi) is 5.47. The topological polar surface area (TPSA) is 29.6 Å². The molecular weight excluding hydrogens is 345 g/mol. The third-order valence-corrected chi connectivity index (χ3v) is 4.86. The summed E-state index contributed by atoms with van der Waals surface area (Å²) < 4.78 is 15.3. The zero-order chi connectivity index (χ0) is 18.7. The second-order valence-electron chi connectivity index (χ2n) is 6.54. The maximum atomic E-state index is 13.4. The molecule has 1 aromatic heterocycles. The second-order valence-corrected chi connectivity index (χ2v) is 7.37. The number of nitrogens with zero attached hydrogens (tertiary/aromatic N) is 3. The molecule has 0 amide bonds. The molecule has 0 saturated heterocycles. The van der Waals surface area contributed by atoms with Crippen molar-refractivity contribution in [1.82, 2.24) is 4.68 Å². The van der Waals surface area contributed by atoms with Crippen LogP contribution in [0.2, 0.25) is 0 Å². The first-order chi connectivity index (χ1) is 12.4. The van der Waals surface area contributed by atoms with Gasteiger partial charge in [-0.05, 0) is 62.6 Å². The van der Waals surface area contributed by atoms with Gasteiger partial charge in [0, 0.05) is 17.0 Å². The number of hydrogen-bond acceptors (Lipinski definition) is 3. The molecule has 0 atom stereocenters. The van der Waals surface area contributed by atoms with Gasteiger partial charge < -0.3 is 0 Å². The van der Waals surface area contributed by atoms with Crippen molar-refractivity contribution in [1.29, 1.82) is 0 Å². The smallest absolute Gasteiger partial charge is 0.206 e. The van der Waals surface area contributed by atoms with Crippen molar-refractivity contribution in [2.75, 3.05) is 0 Å². The highest BCUT2D eigenvalue weighted by Crippen LogP contribution is 2.23. The molecule has 1 heterocycles. The number of aryl methyl sites for hydroxylation is 2. The van der Waals surface area contributed by atoms with Crippen molar-refractivity contribution >= 4 is 17.6 Å².